The van der Waals surface area contributed by atoms with Gasteiger partial charge >= 0.3 is 5.97 Å². The van der Waals surface area contributed by atoms with Crippen molar-refractivity contribution < 1.29 is 19.7 Å². The molecule has 0 radical (unpaired) electrons. The highest BCUT2D eigenvalue weighted by Gasteiger charge is 2.36. The average Bonchev–Trinajstić information content (AvgIpc) is 2.66. The number of hydrogen-bond acceptors (Lipinski definition) is 5. The first-order chi connectivity index (χ1) is 14.1. The van der Waals surface area contributed by atoms with Crippen LogP contribution < -0.4 is 0 Å². The van der Waals surface area contributed by atoms with Crippen molar-refractivity contribution in [2.75, 3.05) is 6.61 Å². The van der Waals surface area contributed by atoms with Gasteiger partial charge in [0.2, 0.25) is 0 Å². The number of esters is 1. The zero-order chi connectivity index (χ0) is 22.2. The molecule has 0 amide bonds. The molecule has 5 nitrogen and oxygen atoms in total. The second kappa shape index (κ2) is 8.48. The van der Waals surface area contributed by atoms with Gasteiger partial charge in [0.1, 0.15) is 6.10 Å². The number of aliphatic hydroxyl groups excluding tert-OH is 2. The molecule has 2 aromatic rings. The van der Waals surface area contributed by atoms with Crippen LogP contribution in [-0.2, 0) is 11.2 Å². The highest BCUT2D eigenvalue weighted by molar-refractivity contribution is 5.89. The molecule has 1 aliphatic carbocycles. The fraction of sp³-hybridized carbons (Fsp3) is 0.520. The molecule has 1 aromatic heterocycles. The molecule has 2 unspecified atom stereocenters. The summed E-state index contributed by atoms with van der Waals surface area (Å²) >= 11 is 0. The summed E-state index contributed by atoms with van der Waals surface area (Å²) in [6.07, 6.45) is 0.00548. The molecule has 2 N–H and O–H groups in total. The van der Waals surface area contributed by atoms with Crippen molar-refractivity contribution in [2.45, 2.75) is 72.5 Å². The Morgan fingerprint density at radius 3 is 2.47 bits per heavy atom. The topological polar surface area (TPSA) is 79.7 Å². The minimum atomic E-state index is -0.890. The number of nitrogens with zero attached hydrogens (tertiary/aromatic N) is 1. The normalized spacial score (nSPS) is 18.8. The Balaban J connectivity index is 2.07. The van der Waals surface area contributed by atoms with Crippen LogP contribution in [0, 0.1) is 12.3 Å². The molecule has 0 spiro atoms. The van der Waals surface area contributed by atoms with E-state index in [1.54, 1.807) is 31.2 Å². The zero-order valence-corrected chi connectivity index (χ0v) is 18.8. The highest BCUT2D eigenvalue weighted by atomic mass is 16.5. The van der Waals surface area contributed by atoms with Gasteiger partial charge in [0.25, 0.3) is 0 Å². The maximum Gasteiger partial charge on any atom is 0.338 e. The smallest absolute Gasteiger partial charge is 0.338 e. The molecule has 2 atom stereocenters. The number of benzene rings is 1. The minimum absolute atomic E-state index is 0.0107. The molecular formula is C25H33NO4. The molecule has 1 heterocycles. The molecule has 1 aromatic carbocycles. The largest absolute Gasteiger partial charge is 0.462 e. The van der Waals surface area contributed by atoms with E-state index in [1.165, 1.54) is 0 Å². The molecule has 0 fully saturated rings. The van der Waals surface area contributed by atoms with Gasteiger partial charge in [-0.25, -0.2) is 4.79 Å². The van der Waals surface area contributed by atoms with Gasteiger partial charge in [-0.2, -0.15) is 0 Å². The number of ether oxygens (including phenoxy) is 1. The van der Waals surface area contributed by atoms with Gasteiger partial charge in [0.15, 0.2) is 0 Å². The summed E-state index contributed by atoms with van der Waals surface area (Å²) in [6, 6.07) is 6.84. The SMILES string of the molecule is CCOC(=O)c1ccc(C(O)c2c(C(C)C)nc3c(c2C)C(O)CC(C)(C)C3)cc1. The van der Waals surface area contributed by atoms with Gasteiger partial charge < -0.3 is 14.9 Å². The van der Waals surface area contributed by atoms with Gasteiger partial charge in [-0.15, -0.1) is 0 Å². The lowest BCUT2D eigenvalue weighted by molar-refractivity contribution is 0.0526. The summed E-state index contributed by atoms with van der Waals surface area (Å²) in [5.74, 6) is -0.251. The predicted octanol–water partition coefficient (Wildman–Crippen LogP) is 4.78. The molecular weight excluding hydrogens is 378 g/mol. The summed E-state index contributed by atoms with van der Waals surface area (Å²) in [6.45, 7) is 12.5. The van der Waals surface area contributed by atoms with E-state index in [4.69, 9.17) is 9.72 Å². The van der Waals surface area contributed by atoms with Crippen LogP contribution >= 0.6 is 0 Å². The minimum Gasteiger partial charge on any atom is -0.462 e. The fourth-order valence-electron chi connectivity index (χ4n) is 4.52. The summed E-state index contributed by atoms with van der Waals surface area (Å²) in [5.41, 5.74) is 5.45. The van der Waals surface area contributed by atoms with Crippen LogP contribution in [0.1, 0.15) is 103 Å². The molecule has 3 rings (SSSR count). The lowest BCUT2D eigenvalue weighted by Crippen LogP contribution is -2.29. The Bertz CT molecular complexity index is 931. The first kappa shape index (κ1) is 22.4. The summed E-state index contributed by atoms with van der Waals surface area (Å²) in [7, 11) is 0. The number of hydrogen-bond donors (Lipinski definition) is 2. The third-order valence-electron chi connectivity index (χ3n) is 5.93. The van der Waals surface area contributed by atoms with Crippen molar-refractivity contribution in [3.05, 3.63) is 63.5 Å². The van der Waals surface area contributed by atoms with Crippen LogP contribution in [0.2, 0.25) is 0 Å². The predicted molar refractivity (Wildman–Crippen MR) is 117 cm³/mol. The lowest BCUT2D eigenvalue weighted by atomic mass is 9.72. The molecule has 5 heteroatoms. The van der Waals surface area contributed by atoms with Crippen molar-refractivity contribution >= 4 is 5.97 Å². The van der Waals surface area contributed by atoms with Crippen molar-refractivity contribution in [1.82, 2.24) is 4.98 Å². The zero-order valence-electron chi connectivity index (χ0n) is 18.8. The third-order valence-corrected chi connectivity index (χ3v) is 5.93. The van der Waals surface area contributed by atoms with Crippen molar-refractivity contribution in [2.24, 2.45) is 5.41 Å². The van der Waals surface area contributed by atoms with E-state index < -0.39 is 12.2 Å². The highest BCUT2D eigenvalue weighted by Crippen LogP contribution is 2.44. The van der Waals surface area contributed by atoms with Crippen molar-refractivity contribution in [3.8, 4) is 0 Å². The van der Waals surface area contributed by atoms with Crippen molar-refractivity contribution in [3.63, 3.8) is 0 Å². The number of carbonyl (C=O) groups is 1. The van der Waals surface area contributed by atoms with E-state index in [0.717, 1.165) is 34.5 Å². The van der Waals surface area contributed by atoms with E-state index in [0.29, 0.717) is 24.2 Å². The average molecular weight is 412 g/mol. The number of carbonyl (C=O) groups excluding carboxylic acids is 1. The van der Waals surface area contributed by atoms with Crippen molar-refractivity contribution in [1.29, 1.82) is 0 Å². The number of aromatic nitrogens is 1. The van der Waals surface area contributed by atoms with Crippen LogP contribution in [0.15, 0.2) is 24.3 Å². The summed E-state index contributed by atoms with van der Waals surface area (Å²) in [5, 5.41) is 22.1. The Morgan fingerprint density at radius 2 is 1.90 bits per heavy atom. The monoisotopic (exact) mass is 411 g/mol. The molecule has 0 aliphatic heterocycles. The van der Waals surface area contributed by atoms with Crippen LogP contribution in [0.5, 0.6) is 0 Å². The molecule has 162 valence electrons. The number of aliphatic hydroxyl groups is 2. The Kier molecular flexibility index (Phi) is 6.34. The van der Waals surface area contributed by atoms with Gasteiger partial charge in [-0.05, 0) is 61.3 Å². The first-order valence-electron chi connectivity index (χ1n) is 10.7. The Labute approximate surface area is 179 Å². The standard InChI is InChI=1S/C25H33NO4/c1-7-30-24(29)17-10-8-16(9-11-17)23(28)21-15(4)20-18(26-22(21)14(2)3)12-25(5,6)13-19(20)27/h8-11,14,19,23,27-28H,7,12-13H2,1-6H3. The van der Waals surface area contributed by atoms with Crippen LogP contribution in [0.3, 0.4) is 0 Å². The van der Waals surface area contributed by atoms with Gasteiger partial charge in [0, 0.05) is 22.5 Å². The fourth-order valence-corrected chi connectivity index (χ4v) is 4.52. The van der Waals surface area contributed by atoms with Crippen LogP contribution in [0.25, 0.3) is 0 Å². The Morgan fingerprint density at radius 1 is 1.27 bits per heavy atom. The molecule has 1 aliphatic rings. The van der Waals surface area contributed by atoms with E-state index in [9.17, 15) is 15.0 Å². The van der Waals surface area contributed by atoms with Crippen LogP contribution in [-0.4, -0.2) is 27.8 Å². The number of fused-ring (bicyclic) bond motifs is 1. The van der Waals surface area contributed by atoms with Gasteiger partial charge in [-0.1, -0.05) is 39.8 Å². The molecule has 0 saturated carbocycles. The quantitative estimate of drug-likeness (QED) is 0.692. The van der Waals surface area contributed by atoms with E-state index in [1.807, 2.05) is 6.92 Å². The maximum absolute atomic E-state index is 11.9. The van der Waals surface area contributed by atoms with Gasteiger partial charge in [0.05, 0.1) is 18.3 Å². The summed E-state index contributed by atoms with van der Waals surface area (Å²) in [4.78, 5) is 16.9. The van der Waals surface area contributed by atoms with Crippen LogP contribution in [0.4, 0.5) is 0 Å². The molecule has 0 saturated heterocycles. The third kappa shape index (κ3) is 4.28. The van der Waals surface area contributed by atoms with E-state index >= 15 is 0 Å². The summed E-state index contributed by atoms with van der Waals surface area (Å²) < 4.78 is 5.03. The second-order valence-electron chi connectivity index (χ2n) is 9.36. The first-order valence-corrected chi connectivity index (χ1v) is 10.7. The molecule has 30 heavy (non-hydrogen) atoms. The Hall–Kier alpha value is -2.24. The second-order valence-corrected chi connectivity index (χ2v) is 9.36. The lowest BCUT2D eigenvalue weighted by Gasteiger charge is -2.36. The maximum atomic E-state index is 11.9. The molecule has 0 bridgehead atoms. The van der Waals surface area contributed by atoms with E-state index in [2.05, 4.69) is 27.7 Å². The van der Waals surface area contributed by atoms with E-state index in [-0.39, 0.29) is 17.3 Å². The number of pyridine rings is 1. The van der Waals surface area contributed by atoms with Gasteiger partial charge in [-0.3, -0.25) is 4.98 Å². The number of rotatable bonds is 5.